The average Bonchev–Trinajstić information content (AvgIpc) is 2.94. The molecule has 0 saturated carbocycles. The smallest absolute Gasteiger partial charge is 0.204 e. The number of carbonyl (C=O) groups excluding carboxylic acids is 1. The molecule has 0 unspecified atom stereocenters. The molecule has 0 aliphatic rings. The van der Waals surface area contributed by atoms with Gasteiger partial charge in [0.1, 0.15) is 0 Å². The van der Waals surface area contributed by atoms with Crippen LogP contribution >= 0.6 is 38.6 Å². The van der Waals surface area contributed by atoms with Crippen molar-refractivity contribution in [2.45, 2.75) is 0 Å². The Morgan fingerprint density at radius 1 is 1.12 bits per heavy atom. The largest absolute Gasteiger partial charge is 0.288 e. The van der Waals surface area contributed by atoms with Crippen molar-refractivity contribution in [1.82, 2.24) is 0 Å². The van der Waals surface area contributed by atoms with E-state index in [1.165, 1.54) is 11.3 Å². The average molecular weight is 323 g/mol. The Hall–Kier alpha value is -0.970. The number of hydrogen-bond donors (Lipinski definition) is 0. The van der Waals surface area contributed by atoms with Gasteiger partial charge in [0.25, 0.3) is 0 Å². The van der Waals surface area contributed by atoms with E-state index < -0.39 is 0 Å². The molecule has 0 bridgehead atoms. The molecular formula is C13H7BrOS2. The van der Waals surface area contributed by atoms with Crippen LogP contribution in [0.5, 0.6) is 0 Å². The van der Waals surface area contributed by atoms with Crippen LogP contribution in [0, 0.1) is 0 Å². The molecule has 2 aromatic heterocycles. The molecule has 1 nitrogen and oxygen atoms in total. The summed E-state index contributed by atoms with van der Waals surface area (Å²) >= 11 is 6.47. The third kappa shape index (κ3) is 1.97. The van der Waals surface area contributed by atoms with Crippen molar-refractivity contribution in [3.05, 3.63) is 56.0 Å². The van der Waals surface area contributed by atoms with Crippen molar-refractivity contribution in [3.63, 3.8) is 0 Å². The zero-order chi connectivity index (χ0) is 11.8. The van der Waals surface area contributed by atoms with Gasteiger partial charge in [-0.3, -0.25) is 4.79 Å². The molecule has 2 heterocycles. The van der Waals surface area contributed by atoms with E-state index in [-0.39, 0.29) is 5.78 Å². The van der Waals surface area contributed by atoms with Gasteiger partial charge in [-0.1, -0.05) is 18.2 Å². The maximum absolute atomic E-state index is 12.3. The first kappa shape index (κ1) is 11.1. The lowest BCUT2D eigenvalue weighted by molar-refractivity contribution is 0.104. The fraction of sp³-hybridized carbons (Fsp3) is 0. The minimum absolute atomic E-state index is 0.109. The molecule has 0 N–H and O–H groups in total. The van der Waals surface area contributed by atoms with E-state index in [0.717, 1.165) is 24.3 Å². The summed E-state index contributed by atoms with van der Waals surface area (Å²) in [6, 6.07) is 11.8. The summed E-state index contributed by atoms with van der Waals surface area (Å²) in [5.41, 5.74) is 0.806. The first-order valence-electron chi connectivity index (χ1n) is 5.02. The summed E-state index contributed by atoms with van der Waals surface area (Å²) in [6.07, 6.45) is 0. The van der Waals surface area contributed by atoms with E-state index in [0.29, 0.717) is 0 Å². The first-order valence-corrected chi connectivity index (χ1v) is 7.51. The quantitative estimate of drug-likeness (QED) is 0.610. The highest BCUT2D eigenvalue weighted by atomic mass is 79.9. The van der Waals surface area contributed by atoms with Crippen LogP contribution in [0.25, 0.3) is 10.1 Å². The Morgan fingerprint density at radius 2 is 1.94 bits per heavy atom. The molecule has 0 radical (unpaired) electrons. The maximum atomic E-state index is 12.3. The highest BCUT2D eigenvalue weighted by Crippen LogP contribution is 2.30. The lowest BCUT2D eigenvalue weighted by Crippen LogP contribution is -1.96. The van der Waals surface area contributed by atoms with Crippen LogP contribution in [0.4, 0.5) is 0 Å². The van der Waals surface area contributed by atoms with Crippen LogP contribution in [0.1, 0.15) is 15.2 Å². The van der Waals surface area contributed by atoms with Gasteiger partial charge in [-0.05, 0) is 34.1 Å². The molecule has 3 aromatic rings. The zero-order valence-corrected chi connectivity index (χ0v) is 11.9. The summed E-state index contributed by atoms with van der Waals surface area (Å²) in [7, 11) is 0. The minimum Gasteiger partial charge on any atom is -0.288 e. The second-order valence-corrected chi connectivity index (χ2v) is 6.95. The fourth-order valence-corrected chi connectivity index (χ4v) is 4.00. The summed E-state index contributed by atoms with van der Waals surface area (Å²) in [6.45, 7) is 0. The first-order chi connectivity index (χ1) is 8.25. The van der Waals surface area contributed by atoms with Gasteiger partial charge in [0.15, 0.2) is 0 Å². The standard InChI is InChI=1S/C13H7BrOS2/c14-12-6-5-11(17-12)13(15)9-7-16-10-4-2-1-3-8(9)10/h1-7H. The van der Waals surface area contributed by atoms with Crippen molar-refractivity contribution in [1.29, 1.82) is 0 Å². The van der Waals surface area contributed by atoms with Crippen molar-refractivity contribution >= 4 is 54.5 Å². The van der Waals surface area contributed by atoms with Gasteiger partial charge < -0.3 is 0 Å². The van der Waals surface area contributed by atoms with Crippen molar-refractivity contribution in [2.24, 2.45) is 0 Å². The molecule has 84 valence electrons. The number of thiophene rings is 2. The van der Waals surface area contributed by atoms with Crippen LogP contribution in [0.3, 0.4) is 0 Å². The molecule has 0 aliphatic carbocycles. The Labute approximate surface area is 115 Å². The highest BCUT2D eigenvalue weighted by Gasteiger charge is 2.15. The van der Waals surface area contributed by atoms with Gasteiger partial charge in [0.05, 0.1) is 8.66 Å². The summed E-state index contributed by atoms with van der Waals surface area (Å²) in [5, 5.41) is 2.99. The van der Waals surface area contributed by atoms with E-state index in [9.17, 15) is 4.79 Å². The topological polar surface area (TPSA) is 17.1 Å². The lowest BCUT2D eigenvalue weighted by atomic mass is 10.1. The van der Waals surface area contributed by atoms with Crippen LogP contribution in [0.2, 0.25) is 0 Å². The Bertz CT molecular complexity index is 696. The van der Waals surface area contributed by atoms with E-state index in [1.807, 2.05) is 41.8 Å². The number of ketones is 1. The van der Waals surface area contributed by atoms with Crippen LogP contribution in [-0.4, -0.2) is 5.78 Å². The molecule has 17 heavy (non-hydrogen) atoms. The van der Waals surface area contributed by atoms with Crippen LogP contribution in [0.15, 0.2) is 45.6 Å². The fourth-order valence-electron chi connectivity index (χ4n) is 1.72. The zero-order valence-electron chi connectivity index (χ0n) is 8.64. The SMILES string of the molecule is O=C(c1ccc(Br)s1)c1csc2ccccc12. The van der Waals surface area contributed by atoms with Crippen LogP contribution in [-0.2, 0) is 0 Å². The van der Waals surface area contributed by atoms with E-state index in [2.05, 4.69) is 15.9 Å². The van der Waals surface area contributed by atoms with Crippen LogP contribution < -0.4 is 0 Å². The number of carbonyl (C=O) groups is 1. The number of benzene rings is 1. The minimum atomic E-state index is 0.109. The molecule has 0 saturated heterocycles. The van der Waals surface area contributed by atoms with Gasteiger partial charge in [0.2, 0.25) is 5.78 Å². The van der Waals surface area contributed by atoms with Crippen molar-refractivity contribution in [3.8, 4) is 0 Å². The van der Waals surface area contributed by atoms with Crippen molar-refractivity contribution in [2.75, 3.05) is 0 Å². The predicted molar refractivity (Wildman–Crippen MR) is 77.3 cm³/mol. The summed E-state index contributed by atoms with van der Waals surface area (Å²) < 4.78 is 2.15. The monoisotopic (exact) mass is 322 g/mol. The van der Waals surface area contributed by atoms with Gasteiger partial charge in [-0.25, -0.2) is 0 Å². The molecule has 0 aliphatic heterocycles. The molecule has 0 spiro atoms. The molecule has 1 aromatic carbocycles. The molecule has 4 heteroatoms. The third-order valence-corrected chi connectivity index (χ3v) is 5.11. The molecule has 3 rings (SSSR count). The number of rotatable bonds is 2. The van der Waals surface area contributed by atoms with E-state index in [1.54, 1.807) is 11.3 Å². The molecule has 0 fully saturated rings. The lowest BCUT2D eigenvalue weighted by Gasteiger charge is -1.95. The molecule has 0 amide bonds. The second-order valence-electron chi connectivity index (χ2n) is 3.58. The van der Waals surface area contributed by atoms with Gasteiger partial charge in [0, 0.05) is 21.0 Å². The van der Waals surface area contributed by atoms with Crippen molar-refractivity contribution < 1.29 is 4.79 Å². The number of halogens is 1. The molecular weight excluding hydrogens is 316 g/mol. The number of hydrogen-bond acceptors (Lipinski definition) is 3. The van der Waals surface area contributed by atoms with Gasteiger partial charge in [-0.2, -0.15) is 0 Å². The summed E-state index contributed by atoms with van der Waals surface area (Å²) in [5.74, 6) is 0.109. The Morgan fingerprint density at radius 3 is 2.71 bits per heavy atom. The predicted octanol–water partition coefficient (Wildman–Crippen LogP) is 4.96. The van der Waals surface area contributed by atoms with Gasteiger partial charge >= 0.3 is 0 Å². The Kier molecular flexibility index (Phi) is 2.86. The maximum Gasteiger partial charge on any atom is 0.204 e. The number of fused-ring (bicyclic) bond motifs is 1. The molecule has 0 atom stereocenters. The Balaban J connectivity index is 2.13. The van der Waals surface area contributed by atoms with E-state index >= 15 is 0 Å². The summed E-state index contributed by atoms with van der Waals surface area (Å²) in [4.78, 5) is 13.1. The van der Waals surface area contributed by atoms with Gasteiger partial charge in [-0.15, -0.1) is 22.7 Å². The highest BCUT2D eigenvalue weighted by molar-refractivity contribution is 9.11. The second kappa shape index (κ2) is 4.37. The normalized spacial score (nSPS) is 10.9. The third-order valence-electron chi connectivity index (χ3n) is 2.52. The van der Waals surface area contributed by atoms with E-state index in [4.69, 9.17) is 0 Å².